The molecule has 1 fully saturated rings. The molecule has 1 heterocycles. The molecule has 1 aromatic carbocycles. The Morgan fingerprint density at radius 1 is 1.22 bits per heavy atom. The summed E-state index contributed by atoms with van der Waals surface area (Å²) < 4.78 is 11.2. The maximum atomic E-state index is 9.33. The Morgan fingerprint density at radius 3 is 2.39 bits per heavy atom. The molecule has 0 unspecified atom stereocenters. The zero-order valence-corrected chi connectivity index (χ0v) is 11.2. The molecule has 1 N–H and O–H groups in total. The van der Waals surface area contributed by atoms with Crippen LogP contribution >= 0.6 is 0 Å². The highest BCUT2D eigenvalue weighted by Gasteiger charge is 2.20. The van der Waals surface area contributed by atoms with Crippen LogP contribution in [0, 0.1) is 0 Å². The lowest BCUT2D eigenvalue weighted by molar-refractivity contribution is 0.0255. The second-order valence-corrected chi connectivity index (χ2v) is 5.50. The largest absolute Gasteiger partial charge is 0.490 e. The Kier molecular flexibility index (Phi) is 4.25. The molecule has 2 rings (SSSR count). The molecule has 1 aliphatic heterocycles. The summed E-state index contributed by atoms with van der Waals surface area (Å²) in [5, 5.41) is 9.33. The molecule has 1 aliphatic rings. The van der Waals surface area contributed by atoms with E-state index in [2.05, 4.69) is 0 Å². The fourth-order valence-corrected chi connectivity index (χ4v) is 2.06. The molecule has 0 bridgehead atoms. The summed E-state index contributed by atoms with van der Waals surface area (Å²) in [7, 11) is 0. The second-order valence-electron chi connectivity index (χ2n) is 5.50. The molecule has 0 aliphatic carbocycles. The topological polar surface area (TPSA) is 38.7 Å². The van der Waals surface area contributed by atoms with Crippen molar-refractivity contribution in [2.45, 2.75) is 38.2 Å². The first-order valence-electron chi connectivity index (χ1n) is 6.57. The fraction of sp³-hybridized carbons (Fsp3) is 0.600. The Balaban J connectivity index is 1.99. The summed E-state index contributed by atoms with van der Waals surface area (Å²) in [6.45, 7) is 5.79. The van der Waals surface area contributed by atoms with Gasteiger partial charge >= 0.3 is 0 Å². The Bertz CT molecular complexity index is 364. The van der Waals surface area contributed by atoms with Gasteiger partial charge in [-0.2, -0.15) is 0 Å². The molecule has 0 amide bonds. The quantitative estimate of drug-likeness (QED) is 0.892. The standard InChI is InChI=1S/C15H22O3/c1-15(2,11-16)12-3-5-13(6-4-12)18-14-7-9-17-10-8-14/h3-6,14,16H,7-11H2,1-2H3. The third-order valence-corrected chi connectivity index (χ3v) is 3.50. The average molecular weight is 250 g/mol. The van der Waals surface area contributed by atoms with Gasteiger partial charge in [0.05, 0.1) is 19.8 Å². The summed E-state index contributed by atoms with van der Waals surface area (Å²) in [5.41, 5.74) is 0.932. The lowest BCUT2D eigenvalue weighted by atomic mass is 9.86. The number of hydrogen-bond acceptors (Lipinski definition) is 3. The maximum Gasteiger partial charge on any atom is 0.119 e. The Labute approximate surface area is 109 Å². The van der Waals surface area contributed by atoms with Gasteiger partial charge in [-0.25, -0.2) is 0 Å². The van der Waals surface area contributed by atoms with Gasteiger partial charge in [-0.15, -0.1) is 0 Å². The van der Waals surface area contributed by atoms with Gasteiger partial charge in [0, 0.05) is 18.3 Å². The van der Waals surface area contributed by atoms with Crippen molar-refractivity contribution in [2.75, 3.05) is 19.8 Å². The van der Waals surface area contributed by atoms with Crippen LogP contribution in [-0.2, 0) is 10.2 Å². The Morgan fingerprint density at radius 2 is 1.83 bits per heavy atom. The van der Waals surface area contributed by atoms with Crippen LogP contribution in [0.15, 0.2) is 24.3 Å². The van der Waals surface area contributed by atoms with Crippen LogP contribution < -0.4 is 4.74 Å². The second kappa shape index (κ2) is 5.72. The summed E-state index contributed by atoms with van der Waals surface area (Å²) >= 11 is 0. The molecule has 18 heavy (non-hydrogen) atoms. The minimum absolute atomic E-state index is 0.146. The van der Waals surface area contributed by atoms with Crippen molar-refractivity contribution in [3.8, 4) is 5.75 Å². The highest BCUT2D eigenvalue weighted by molar-refractivity contribution is 5.31. The Hall–Kier alpha value is -1.06. The van der Waals surface area contributed by atoms with Crippen molar-refractivity contribution in [2.24, 2.45) is 0 Å². The highest BCUT2D eigenvalue weighted by atomic mass is 16.5. The van der Waals surface area contributed by atoms with Crippen molar-refractivity contribution < 1.29 is 14.6 Å². The van der Waals surface area contributed by atoms with E-state index in [4.69, 9.17) is 9.47 Å². The van der Waals surface area contributed by atoms with E-state index in [1.807, 2.05) is 38.1 Å². The summed E-state index contributed by atoms with van der Waals surface area (Å²) in [5.74, 6) is 0.902. The van der Waals surface area contributed by atoms with Crippen molar-refractivity contribution >= 4 is 0 Å². The highest BCUT2D eigenvalue weighted by Crippen LogP contribution is 2.25. The number of ether oxygens (including phenoxy) is 2. The van der Waals surface area contributed by atoms with Crippen molar-refractivity contribution in [1.82, 2.24) is 0 Å². The van der Waals surface area contributed by atoms with Gasteiger partial charge in [0.25, 0.3) is 0 Å². The molecular weight excluding hydrogens is 228 g/mol. The van der Waals surface area contributed by atoms with E-state index in [0.717, 1.165) is 37.4 Å². The van der Waals surface area contributed by atoms with Gasteiger partial charge in [0.1, 0.15) is 11.9 Å². The molecule has 3 nitrogen and oxygen atoms in total. The normalized spacial score (nSPS) is 17.7. The molecule has 0 saturated carbocycles. The van der Waals surface area contributed by atoms with E-state index in [-0.39, 0.29) is 18.1 Å². The van der Waals surface area contributed by atoms with Crippen LogP contribution in [0.5, 0.6) is 5.75 Å². The first kappa shape index (κ1) is 13.4. The summed E-state index contributed by atoms with van der Waals surface area (Å²) in [6.07, 6.45) is 2.20. The monoisotopic (exact) mass is 250 g/mol. The zero-order chi connectivity index (χ0) is 13.0. The first-order chi connectivity index (χ1) is 8.62. The number of benzene rings is 1. The van der Waals surface area contributed by atoms with Gasteiger partial charge < -0.3 is 14.6 Å². The lowest BCUT2D eigenvalue weighted by Gasteiger charge is -2.25. The predicted octanol–water partition coefficient (Wildman–Crippen LogP) is 2.51. The minimum Gasteiger partial charge on any atom is -0.490 e. The number of hydrogen-bond donors (Lipinski definition) is 1. The third kappa shape index (κ3) is 3.24. The van der Waals surface area contributed by atoms with E-state index in [0.29, 0.717) is 0 Å². The number of aliphatic hydroxyl groups is 1. The molecule has 0 atom stereocenters. The molecule has 1 saturated heterocycles. The predicted molar refractivity (Wildman–Crippen MR) is 71.0 cm³/mol. The van der Waals surface area contributed by atoms with Crippen LogP contribution in [0.3, 0.4) is 0 Å². The summed E-state index contributed by atoms with van der Waals surface area (Å²) in [6, 6.07) is 8.04. The van der Waals surface area contributed by atoms with E-state index in [9.17, 15) is 5.11 Å². The van der Waals surface area contributed by atoms with Crippen molar-refractivity contribution in [3.05, 3.63) is 29.8 Å². The maximum absolute atomic E-state index is 9.33. The van der Waals surface area contributed by atoms with E-state index in [1.165, 1.54) is 0 Å². The molecule has 1 aromatic rings. The summed E-state index contributed by atoms with van der Waals surface area (Å²) in [4.78, 5) is 0. The van der Waals surface area contributed by atoms with Crippen LogP contribution in [-0.4, -0.2) is 31.0 Å². The van der Waals surface area contributed by atoms with E-state index >= 15 is 0 Å². The number of rotatable bonds is 4. The fourth-order valence-electron chi connectivity index (χ4n) is 2.06. The average Bonchev–Trinajstić information content (AvgIpc) is 2.40. The number of aliphatic hydroxyl groups excluding tert-OH is 1. The zero-order valence-electron chi connectivity index (χ0n) is 11.2. The van der Waals surface area contributed by atoms with E-state index < -0.39 is 0 Å². The van der Waals surface area contributed by atoms with E-state index in [1.54, 1.807) is 0 Å². The van der Waals surface area contributed by atoms with Crippen molar-refractivity contribution in [1.29, 1.82) is 0 Å². The lowest BCUT2D eigenvalue weighted by Crippen LogP contribution is -2.26. The van der Waals surface area contributed by atoms with Crippen LogP contribution in [0.2, 0.25) is 0 Å². The van der Waals surface area contributed by atoms with Crippen LogP contribution in [0.25, 0.3) is 0 Å². The molecule has 3 heteroatoms. The smallest absolute Gasteiger partial charge is 0.119 e. The molecular formula is C15H22O3. The molecule has 0 radical (unpaired) electrons. The van der Waals surface area contributed by atoms with Gasteiger partial charge in [0.15, 0.2) is 0 Å². The SMILES string of the molecule is CC(C)(CO)c1ccc(OC2CCOCC2)cc1. The van der Waals surface area contributed by atoms with Crippen molar-refractivity contribution in [3.63, 3.8) is 0 Å². The van der Waals surface area contributed by atoms with Crippen LogP contribution in [0.1, 0.15) is 32.3 Å². The minimum atomic E-state index is -0.197. The third-order valence-electron chi connectivity index (χ3n) is 3.50. The van der Waals surface area contributed by atoms with Crippen LogP contribution in [0.4, 0.5) is 0 Å². The molecule has 100 valence electrons. The van der Waals surface area contributed by atoms with Gasteiger partial charge in [0.2, 0.25) is 0 Å². The van der Waals surface area contributed by atoms with Gasteiger partial charge in [-0.1, -0.05) is 26.0 Å². The molecule has 0 aromatic heterocycles. The first-order valence-corrected chi connectivity index (χ1v) is 6.57. The molecule has 0 spiro atoms. The van der Waals surface area contributed by atoms with Gasteiger partial charge in [-0.3, -0.25) is 0 Å². The van der Waals surface area contributed by atoms with Gasteiger partial charge in [-0.05, 0) is 17.7 Å².